The topological polar surface area (TPSA) is 55.8 Å². The van der Waals surface area contributed by atoms with E-state index < -0.39 is 23.3 Å². The zero-order valence-corrected chi connectivity index (χ0v) is 13.2. The third-order valence-electron chi connectivity index (χ3n) is 3.39. The Kier molecular flexibility index (Phi) is 3.51. The first-order valence-corrected chi connectivity index (χ1v) is 7.22. The van der Waals surface area contributed by atoms with Gasteiger partial charge in [-0.15, -0.1) is 0 Å². The van der Waals surface area contributed by atoms with Crippen LogP contribution >= 0.6 is 0 Å². The molecule has 2 rings (SSSR count). The number of hydrogen-bond donors (Lipinski definition) is 0. The van der Waals surface area contributed by atoms with Crippen LogP contribution in [0, 0.1) is 5.92 Å². The largest absolute Gasteiger partial charge is 0.458 e. The molecule has 0 spiro atoms. The minimum atomic E-state index is -0.553. The quantitative estimate of drug-likeness (QED) is 0.694. The van der Waals surface area contributed by atoms with Crippen LogP contribution in [-0.4, -0.2) is 40.2 Å². The summed E-state index contributed by atoms with van der Waals surface area (Å²) >= 11 is 0. The summed E-state index contributed by atoms with van der Waals surface area (Å²) in [5, 5.41) is 0. The summed E-state index contributed by atoms with van der Waals surface area (Å²) in [5.74, 6) is 0.107. The molecule has 5 heteroatoms. The minimum absolute atomic E-state index is 0.155. The van der Waals surface area contributed by atoms with Gasteiger partial charge in [0.15, 0.2) is 0 Å². The number of likely N-dealkylation sites (tertiary alicyclic amines) is 1. The fourth-order valence-corrected chi connectivity index (χ4v) is 2.61. The highest BCUT2D eigenvalue weighted by molar-refractivity contribution is 5.83. The summed E-state index contributed by atoms with van der Waals surface area (Å²) in [6.07, 6.45) is 1.26. The van der Waals surface area contributed by atoms with Gasteiger partial charge in [0, 0.05) is 6.04 Å². The van der Waals surface area contributed by atoms with E-state index in [4.69, 9.17) is 9.47 Å². The molecule has 5 nitrogen and oxygen atoms in total. The molecule has 0 aromatic carbocycles. The molecule has 1 saturated carbocycles. The van der Waals surface area contributed by atoms with E-state index in [1.165, 1.54) is 0 Å². The molecule has 0 bridgehead atoms. The van der Waals surface area contributed by atoms with Crippen molar-refractivity contribution in [1.82, 2.24) is 4.90 Å². The molecule has 3 atom stereocenters. The molecule has 20 heavy (non-hydrogen) atoms. The molecule has 1 aliphatic heterocycles. The second-order valence-corrected chi connectivity index (χ2v) is 7.74. The van der Waals surface area contributed by atoms with Gasteiger partial charge in [-0.05, 0) is 60.3 Å². The lowest BCUT2D eigenvalue weighted by Crippen LogP contribution is -2.47. The molecule has 1 aliphatic carbocycles. The molecule has 1 heterocycles. The van der Waals surface area contributed by atoms with Crippen LogP contribution in [0.25, 0.3) is 0 Å². The van der Waals surface area contributed by atoms with Crippen molar-refractivity contribution in [1.29, 1.82) is 0 Å². The molecule has 1 amide bonds. The van der Waals surface area contributed by atoms with E-state index in [1.807, 2.05) is 41.5 Å². The second kappa shape index (κ2) is 4.64. The van der Waals surface area contributed by atoms with Gasteiger partial charge in [-0.1, -0.05) is 0 Å². The number of carbonyl (C=O) groups excluding carboxylic acids is 2. The molecule has 2 fully saturated rings. The summed E-state index contributed by atoms with van der Waals surface area (Å²) in [6.45, 7) is 11.0. The van der Waals surface area contributed by atoms with Gasteiger partial charge in [-0.3, -0.25) is 4.90 Å². The molecule has 0 N–H and O–H groups in total. The number of nitrogens with zero attached hydrogens (tertiary/aromatic N) is 1. The van der Waals surface area contributed by atoms with E-state index in [9.17, 15) is 9.59 Å². The van der Waals surface area contributed by atoms with Crippen molar-refractivity contribution in [2.24, 2.45) is 5.92 Å². The van der Waals surface area contributed by atoms with Crippen molar-refractivity contribution in [3.05, 3.63) is 0 Å². The maximum atomic E-state index is 12.3. The lowest BCUT2D eigenvalue weighted by molar-refractivity contribution is -0.160. The average Bonchev–Trinajstić information content (AvgIpc) is 2.83. The Morgan fingerprint density at radius 1 is 0.950 bits per heavy atom. The van der Waals surface area contributed by atoms with E-state index in [0.29, 0.717) is 12.3 Å². The molecule has 0 unspecified atom stereocenters. The van der Waals surface area contributed by atoms with Crippen LogP contribution in [0.2, 0.25) is 0 Å². The highest BCUT2D eigenvalue weighted by atomic mass is 16.6. The molecule has 114 valence electrons. The minimum Gasteiger partial charge on any atom is -0.458 e. The summed E-state index contributed by atoms with van der Waals surface area (Å²) in [4.78, 5) is 26.1. The standard InChI is InChI=1S/C15H25NO4/c1-14(2,3)19-12(17)11-8-9-7-10(9)16(11)13(18)20-15(4,5)6/h9-11H,7-8H2,1-6H3/t9-,10-,11-/m1/s1. The van der Waals surface area contributed by atoms with Gasteiger partial charge in [0.2, 0.25) is 0 Å². The molecule has 1 saturated heterocycles. The number of hydrogen-bond acceptors (Lipinski definition) is 4. The normalized spacial score (nSPS) is 28.9. The first-order valence-electron chi connectivity index (χ1n) is 7.22. The van der Waals surface area contributed by atoms with E-state index in [-0.39, 0.29) is 12.0 Å². The first kappa shape index (κ1) is 15.1. The third kappa shape index (κ3) is 3.44. The SMILES string of the molecule is CC(C)(C)OC(=O)[C@H]1C[C@H]2C[C@H]2N1C(=O)OC(C)(C)C. The fraction of sp³-hybridized carbons (Fsp3) is 0.867. The molecule has 2 aliphatic rings. The van der Waals surface area contributed by atoms with Crippen LogP contribution in [-0.2, 0) is 14.3 Å². The van der Waals surface area contributed by atoms with Crippen LogP contribution in [0.1, 0.15) is 54.4 Å². The van der Waals surface area contributed by atoms with Crippen molar-refractivity contribution < 1.29 is 19.1 Å². The third-order valence-corrected chi connectivity index (χ3v) is 3.39. The van der Waals surface area contributed by atoms with E-state index >= 15 is 0 Å². The van der Waals surface area contributed by atoms with Crippen LogP contribution in [0.3, 0.4) is 0 Å². The predicted octanol–water partition coefficient (Wildman–Crippen LogP) is 2.73. The summed E-state index contributed by atoms with van der Waals surface area (Å²) in [6, 6.07) is -0.338. The smallest absolute Gasteiger partial charge is 0.411 e. The van der Waals surface area contributed by atoms with Crippen molar-refractivity contribution in [2.75, 3.05) is 0 Å². The Hall–Kier alpha value is -1.26. The van der Waals surface area contributed by atoms with E-state index in [0.717, 1.165) is 6.42 Å². The number of amides is 1. The molecule has 0 aromatic rings. The Balaban J connectivity index is 2.06. The van der Waals surface area contributed by atoms with E-state index in [2.05, 4.69) is 0 Å². The van der Waals surface area contributed by atoms with Crippen molar-refractivity contribution in [2.45, 2.75) is 77.7 Å². The molecular weight excluding hydrogens is 258 g/mol. The van der Waals surface area contributed by atoms with E-state index in [1.54, 1.807) is 4.90 Å². The molecular formula is C15H25NO4. The lowest BCUT2D eigenvalue weighted by Gasteiger charge is -2.31. The van der Waals surface area contributed by atoms with Gasteiger partial charge >= 0.3 is 12.1 Å². The van der Waals surface area contributed by atoms with Gasteiger partial charge in [0.1, 0.15) is 17.2 Å². The summed E-state index contributed by atoms with van der Waals surface area (Å²) < 4.78 is 10.8. The van der Waals surface area contributed by atoms with Crippen LogP contribution in [0.5, 0.6) is 0 Å². The lowest BCUT2D eigenvalue weighted by atomic mass is 10.1. The maximum Gasteiger partial charge on any atom is 0.411 e. The van der Waals surface area contributed by atoms with Gasteiger partial charge in [-0.2, -0.15) is 0 Å². The van der Waals surface area contributed by atoms with Gasteiger partial charge in [0.05, 0.1) is 0 Å². The Bertz CT molecular complexity index is 419. The van der Waals surface area contributed by atoms with Gasteiger partial charge in [-0.25, -0.2) is 9.59 Å². The summed E-state index contributed by atoms with van der Waals surface area (Å²) in [7, 11) is 0. The Morgan fingerprint density at radius 3 is 2.00 bits per heavy atom. The van der Waals surface area contributed by atoms with Crippen molar-refractivity contribution in [3.8, 4) is 0 Å². The van der Waals surface area contributed by atoms with Crippen molar-refractivity contribution in [3.63, 3.8) is 0 Å². The number of esters is 1. The Morgan fingerprint density at radius 2 is 1.50 bits per heavy atom. The highest BCUT2D eigenvalue weighted by Gasteiger charge is 2.58. The van der Waals surface area contributed by atoms with Gasteiger partial charge in [0.25, 0.3) is 0 Å². The van der Waals surface area contributed by atoms with Crippen LogP contribution in [0.4, 0.5) is 4.79 Å². The monoisotopic (exact) mass is 283 g/mol. The number of carbonyl (C=O) groups is 2. The molecule has 0 aromatic heterocycles. The zero-order chi connectivity index (χ0) is 15.3. The molecule has 0 radical (unpaired) electrons. The zero-order valence-electron chi connectivity index (χ0n) is 13.2. The number of ether oxygens (including phenoxy) is 2. The number of piperidine rings is 1. The first-order chi connectivity index (χ1) is 8.98. The Labute approximate surface area is 120 Å². The average molecular weight is 283 g/mol. The van der Waals surface area contributed by atoms with Crippen molar-refractivity contribution >= 4 is 12.1 Å². The highest BCUT2D eigenvalue weighted by Crippen LogP contribution is 2.48. The number of fused-ring (bicyclic) bond motifs is 1. The predicted molar refractivity (Wildman–Crippen MR) is 74.2 cm³/mol. The van der Waals surface area contributed by atoms with Crippen LogP contribution < -0.4 is 0 Å². The fourth-order valence-electron chi connectivity index (χ4n) is 2.61. The maximum absolute atomic E-state index is 12.3. The number of rotatable bonds is 1. The second-order valence-electron chi connectivity index (χ2n) is 7.74. The van der Waals surface area contributed by atoms with Gasteiger partial charge < -0.3 is 9.47 Å². The summed E-state index contributed by atoms with van der Waals surface area (Å²) in [5.41, 5.74) is -1.09. The van der Waals surface area contributed by atoms with Crippen LogP contribution in [0.15, 0.2) is 0 Å².